The normalized spacial score (nSPS) is 22.3. The number of pyridine rings is 1. The topological polar surface area (TPSA) is 74.7 Å². The Morgan fingerprint density at radius 3 is 2.65 bits per heavy atom. The molecule has 3 heterocycles. The molecule has 6 nitrogen and oxygen atoms in total. The fourth-order valence-corrected chi connectivity index (χ4v) is 7.94. The molecule has 3 fully saturated rings. The lowest BCUT2D eigenvalue weighted by Crippen LogP contribution is -2.48. The van der Waals surface area contributed by atoms with Crippen molar-refractivity contribution in [2.24, 2.45) is 11.8 Å². The molecule has 226 valence electrons. The molecule has 0 N–H and O–H groups in total. The Morgan fingerprint density at radius 1 is 1.12 bits per heavy atom. The van der Waals surface area contributed by atoms with Gasteiger partial charge >= 0.3 is 0 Å². The molecule has 4 aliphatic rings. The standard InChI is InChI=1S/C36H41FN2O4/c1-22(35(40)41)34(24-6-7-24)26-8-5-23-10-12-31(43-32(23)18-26)25-9-11-28(29-19-33(42-2)38-20-30(29)37)27(17-25)21-39-16-4-15-36(39)13-3-14-36/h5,8-9,11,17-20,22,24,31,34H,3-4,6-7,10,12-16,21H2,1-2H3,(H,40,41)/p-1/t22-,31?,34-/m0/s1. The predicted molar refractivity (Wildman–Crippen MR) is 160 cm³/mol. The molecular formula is C36H40FN2O4-. The minimum absolute atomic E-state index is 0.0586. The van der Waals surface area contributed by atoms with Crippen molar-refractivity contribution in [1.29, 1.82) is 0 Å². The highest BCUT2D eigenvalue weighted by Crippen LogP contribution is 2.49. The molecule has 0 bridgehead atoms. The van der Waals surface area contributed by atoms with Gasteiger partial charge in [0.2, 0.25) is 5.88 Å². The number of fused-ring (bicyclic) bond motifs is 1. The van der Waals surface area contributed by atoms with Gasteiger partial charge in [0.05, 0.1) is 13.3 Å². The van der Waals surface area contributed by atoms with Crippen LogP contribution in [-0.4, -0.2) is 35.0 Å². The first-order chi connectivity index (χ1) is 20.8. The number of aliphatic carboxylic acids is 1. The number of rotatable bonds is 9. The summed E-state index contributed by atoms with van der Waals surface area (Å²) >= 11 is 0. The van der Waals surface area contributed by atoms with Crippen LogP contribution < -0.4 is 14.6 Å². The molecule has 0 amide bonds. The van der Waals surface area contributed by atoms with Crippen LogP contribution >= 0.6 is 0 Å². The highest BCUT2D eigenvalue weighted by Gasteiger charge is 2.45. The summed E-state index contributed by atoms with van der Waals surface area (Å²) in [5.74, 6) is -0.338. The van der Waals surface area contributed by atoms with Gasteiger partial charge in [-0.25, -0.2) is 9.37 Å². The number of aryl methyl sites for hydroxylation is 1. The molecule has 7 heteroatoms. The number of ether oxygens (including phenoxy) is 2. The van der Waals surface area contributed by atoms with E-state index in [0.717, 1.165) is 72.3 Å². The zero-order valence-electron chi connectivity index (χ0n) is 25.1. The maximum Gasteiger partial charge on any atom is 0.213 e. The Labute approximate surface area is 253 Å². The largest absolute Gasteiger partial charge is 0.550 e. The van der Waals surface area contributed by atoms with Gasteiger partial charge in [0, 0.05) is 35.6 Å². The summed E-state index contributed by atoms with van der Waals surface area (Å²) in [5.41, 5.74) is 6.02. The zero-order chi connectivity index (χ0) is 29.7. The Hall–Kier alpha value is -3.45. The van der Waals surface area contributed by atoms with E-state index in [-0.39, 0.29) is 17.8 Å². The molecule has 0 radical (unpaired) electrons. The van der Waals surface area contributed by atoms with E-state index in [1.54, 1.807) is 20.1 Å². The van der Waals surface area contributed by atoms with Crippen LogP contribution in [0.4, 0.5) is 4.39 Å². The number of carboxylic acids is 1. The van der Waals surface area contributed by atoms with Crippen LogP contribution in [0.25, 0.3) is 11.1 Å². The van der Waals surface area contributed by atoms with Crippen molar-refractivity contribution in [3.63, 3.8) is 0 Å². The van der Waals surface area contributed by atoms with Crippen molar-refractivity contribution in [3.8, 4) is 22.8 Å². The summed E-state index contributed by atoms with van der Waals surface area (Å²) in [6, 6.07) is 14.3. The highest BCUT2D eigenvalue weighted by atomic mass is 19.1. The molecule has 1 aromatic heterocycles. The predicted octanol–water partition coefficient (Wildman–Crippen LogP) is 6.36. The van der Waals surface area contributed by atoms with Crippen LogP contribution in [0.2, 0.25) is 0 Å². The van der Waals surface area contributed by atoms with Crippen LogP contribution in [0.15, 0.2) is 48.7 Å². The third-order valence-corrected chi connectivity index (χ3v) is 10.7. The van der Waals surface area contributed by atoms with Gasteiger partial charge in [-0.3, -0.25) is 4.90 Å². The molecule has 7 rings (SSSR count). The Bertz CT molecular complexity index is 1530. The number of methoxy groups -OCH3 is 1. The summed E-state index contributed by atoms with van der Waals surface area (Å²) < 4.78 is 27.2. The van der Waals surface area contributed by atoms with Gasteiger partial charge in [0.25, 0.3) is 0 Å². The van der Waals surface area contributed by atoms with Crippen molar-refractivity contribution >= 4 is 5.97 Å². The van der Waals surface area contributed by atoms with Gasteiger partial charge in [-0.05, 0) is 110 Å². The summed E-state index contributed by atoms with van der Waals surface area (Å²) in [6.45, 7) is 3.60. The molecule has 43 heavy (non-hydrogen) atoms. The molecule has 1 saturated heterocycles. The van der Waals surface area contributed by atoms with E-state index in [0.29, 0.717) is 22.9 Å². The monoisotopic (exact) mass is 583 g/mol. The number of likely N-dealkylation sites (tertiary alicyclic amines) is 1. The second-order valence-corrected chi connectivity index (χ2v) is 13.2. The third kappa shape index (κ3) is 5.30. The number of hydrogen-bond donors (Lipinski definition) is 0. The van der Waals surface area contributed by atoms with Gasteiger partial charge in [-0.1, -0.05) is 37.3 Å². The van der Waals surface area contributed by atoms with Crippen LogP contribution in [0, 0.1) is 17.7 Å². The number of carboxylic acid groups (broad SMARTS) is 1. The number of carbonyl (C=O) groups excluding carboxylic acids is 1. The third-order valence-electron chi connectivity index (χ3n) is 10.7. The van der Waals surface area contributed by atoms with Crippen molar-refractivity contribution in [2.45, 2.75) is 88.8 Å². The molecule has 2 aliphatic carbocycles. The lowest BCUT2D eigenvalue weighted by molar-refractivity contribution is -0.311. The summed E-state index contributed by atoms with van der Waals surface area (Å²) in [5, 5.41) is 11.8. The van der Waals surface area contributed by atoms with Gasteiger partial charge in [0.15, 0.2) is 0 Å². The van der Waals surface area contributed by atoms with Crippen LogP contribution in [-0.2, 0) is 17.8 Å². The summed E-state index contributed by atoms with van der Waals surface area (Å²) in [7, 11) is 1.55. The number of hydrogen-bond acceptors (Lipinski definition) is 6. The Kier molecular flexibility index (Phi) is 7.40. The fraction of sp³-hybridized carbons (Fsp3) is 0.500. The van der Waals surface area contributed by atoms with E-state index in [1.807, 2.05) is 6.07 Å². The van der Waals surface area contributed by atoms with Crippen molar-refractivity contribution in [1.82, 2.24) is 9.88 Å². The van der Waals surface area contributed by atoms with Crippen LogP contribution in [0.3, 0.4) is 0 Å². The van der Waals surface area contributed by atoms with Crippen molar-refractivity contribution < 1.29 is 23.8 Å². The first kappa shape index (κ1) is 28.3. The van der Waals surface area contributed by atoms with E-state index < -0.39 is 11.9 Å². The quantitative estimate of drug-likeness (QED) is 0.292. The SMILES string of the molecule is COc1cc(-c2ccc(C3CCc4ccc([C@H](C5CC5)[C@H](C)C(=O)[O-])cc4O3)cc2CN2CCCC23CCC3)c(F)cn1. The van der Waals surface area contributed by atoms with Gasteiger partial charge in [-0.2, -0.15) is 0 Å². The molecule has 3 atom stereocenters. The molecule has 1 unspecified atom stereocenters. The van der Waals surface area contributed by atoms with Crippen LogP contribution in [0.1, 0.15) is 92.6 Å². The van der Waals surface area contributed by atoms with Crippen molar-refractivity contribution in [3.05, 3.63) is 76.7 Å². The zero-order valence-corrected chi connectivity index (χ0v) is 25.1. The molecular weight excluding hydrogens is 543 g/mol. The average molecular weight is 584 g/mol. The first-order valence-electron chi connectivity index (χ1n) is 15.9. The lowest BCUT2D eigenvalue weighted by atomic mass is 9.74. The van der Waals surface area contributed by atoms with E-state index in [4.69, 9.17) is 9.47 Å². The van der Waals surface area contributed by atoms with Gasteiger partial charge < -0.3 is 19.4 Å². The molecule has 1 spiro atoms. The van der Waals surface area contributed by atoms with E-state index in [2.05, 4.69) is 40.2 Å². The Balaban J connectivity index is 1.21. The highest BCUT2D eigenvalue weighted by molar-refractivity contribution is 5.70. The maximum absolute atomic E-state index is 15.2. The van der Waals surface area contributed by atoms with E-state index >= 15 is 4.39 Å². The number of nitrogens with zero attached hydrogens (tertiary/aromatic N) is 2. The first-order valence-corrected chi connectivity index (χ1v) is 15.9. The minimum atomic E-state index is -0.994. The van der Waals surface area contributed by atoms with Crippen molar-refractivity contribution in [2.75, 3.05) is 13.7 Å². The summed E-state index contributed by atoms with van der Waals surface area (Å²) in [4.78, 5) is 18.5. The smallest absolute Gasteiger partial charge is 0.213 e. The maximum atomic E-state index is 15.2. The van der Waals surface area contributed by atoms with Crippen LogP contribution in [0.5, 0.6) is 11.6 Å². The molecule has 2 aliphatic heterocycles. The van der Waals surface area contributed by atoms with Gasteiger partial charge in [0.1, 0.15) is 17.7 Å². The van der Waals surface area contributed by atoms with Gasteiger partial charge in [-0.15, -0.1) is 0 Å². The van der Waals surface area contributed by atoms with E-state index in [1.165, 1.54) is 38.3 Å². The number of aromatic nitrogens is 1. The molecule has 2 aromatic carbocycles. The number of halogens is 1. The molecule has 3 aromatic rings. The lowest BCUT2D eigenvalue weighted by Gasteiger charge is -2.46. The average Bonchev–Trinajstić information content (AvgIpc) is 3.74. The minimum Gasteiger partial charge on any atom is -0.550 e. The second-order valence-electron chi connectivity index (χ2n) is 13.2. The Morgan fingerprint density at radius 2 is 1.93 bits per heavy atom. The molecule has 2 saturated carbocycles. The number of carbonyl (C=O) groups is 1. The second kappa shape index (κ2) is 11.2. The van der Waals surface area contributed by atoms with E-state index in [9.17, 15) is 9.90 Å². The summed E-state index contributed by atoms with van der Waals surface area (Å²) in [6.07, 6.45) is 11.1. The number of benzene rings is 2. The fourth-order valence-electron chi connectivity index (χ4n) is 7.94.